The van der Waals surface area contributed by atoms with E-state index in [9.17, 15) is 24.6 Å². The molecule has 0 saturated carbocycles. The minimum absolute atomic E-state index is 0.000249. The molecule has 4 rings (SSSR count). The van der Waals surface area contributed by atoms with Crippen LogP contribution >= 0.6 is 11.8 Å². The summed E-state index contributed by atoms with van der Waals surface area (Å²) < 4.78 is 7.07. The molecule has 1 aromatic heterocycles. The summed E-state index contributed by atoms with van der Waals surface area (Å²) in [6.07, 6.45) is 3.17. The molecule has 34 heavy (non-hydrogen) atoms. The number of aliphatic carboxylic acids is 1. The van der Waals surface area contributed by atoms with Gasteiger partial charge in [-0.15, -0.1) is 11.8 Å². The summed E-state index contributed by atoms with van der Waals surface area (Å²) in [7, 11) is 1.85. The van der Waals surface area contributed by atoms with Crippen LogP contribution in [0.25, 0.3) is 0 Å². The molecule has 4 heterocycles. The highest BCUT2D eigenvalue weighted by Crippen LogP contribution is 2.52. The van der Waals surface area contributed by atoms with Gasteiger partial charge in [0.25, 0.3) is 0 Å². The van der Waals surface area contributed by atoms with E-state index < -0.39 is 24.1 Å². The molecule has 6 atom stereocenters. The van der Waals surface area contributed by atoms with Crippen molar-refractivity contribution in [2.24, 2.45) is 18.9 Å². The van der Waals surface area contributed by atoms with Crippen molar-refractivity contribution in [3.63, 3.8) is 0 Å². The number of rotatable bonds is 8. The number of carbonyl (C=O) groups is 3. The zero-order chi connectivity index (χ0) is 24.7. The van der Waals surface area contributed by atoms with Gasteiger partial charge in [0, 0.05) is 54.0 Å². The largest absolute Gasteiger partial charge is 0.477 e. The number of aromatic nitrogens is 2. The van der Waals surface area contributed by atoms with Crippen LogP contribution in [-0.2, 0) is 27.8 Å². The molecule has 0 spiro atoms. The van der Waals surface area contributed by atoms with Crippen LogP contribution in [0.2, 0.25) is 0 Å². The molecule has 1 aromatic rings. The second kappa shape index (κ2) is 9.46. The van der Waals surface area contributed by atoms with Gasteiger partial charge in [-0.05, 0) is 19.4 Å². The zero-order valence-corrected chi connectivity index (χ0v) is 20.3. The minimum atomic E-state index is -1.15. The maximum absolute atomic E-state index is 12.8. The normalized spacial score (nSPS) is 29.2. The molecule has 10 nitrogen and oxygen atoms in total. The van der Waals surface area contributed by atoms with E-state index in [2.05, 4.69) is 11.7 Å². The smallest absolute Gasteiger partial charge is 0.410 e. The number of carboxylic acids is 1. The second-order valence-corrected chi connectivity index (χ2v) is 10.4. The fourth-order valence-electron chi connectivity index (χ4n) is 5.29. The number of ether oxygens (including phenoxy) is 1. The number of hydrogen-bond donors (Lipinski definition) is 2. The summed E-state index contributed by atoms with van der Waals surface area (Å²) in [5.41, 5.74) is 0.978. The highest BCUT2D eigenvalue weighted by Gasteiger charge is 2.60. The molecule has 0 aromatic carbocycles. The Morgan fingerprint density at radius 3 is 2.76 bits per heavy atom. The molecule has 2 N–H and O–H groups in total. The number of aliphatic hydroxyl groups is 1. The molecular formula is C23H30N4O6S. The van der Waals surface area contributed by atoms with Gasteiger partial charge in [0.2, 0.25) is 5.91 Å². The molecule has 0 bridgehead atoms. The summed E-state index contributed by atoms with van der Waals surface area (Å²) in [6.45, 7) is 7.55. The Hall–Kier alpha value is -2.79. The Labute approximate surface area is 202 Å². The van der Waals surface area contributed by atoms with E-state index in [-0.39, 0.29) is 41.5 Å². The van der Waals surface area contributed by atoms with Crippen LogP contribution in [-0.4, -0.2) is 84.4 Å². The van der Waals surface area contributed by atoms with Crippen LogP contribution < -0.4 is 0 Å². The third kappa shape index (κ3) is 4.11. The molecule has 3 aliphatic heterocycles. The van der Waals surface area contributed by atoms with E-state index in [4.69, 9.17) is 4.74 Å². The molecule has 2 amide bonds. The number of fused-ring (bicyclic) bond motifs is 1. The summed E-state index contributed by atoms with van der Waals surface area (Å²) in [5.74, 6) is -2.32. The fourth-order valence-corrected chi connectivity index (χ4v) is 6.85. The van der Waals surface area contributed by atoms with Crippen molar-refractivity contribution in [3.05, 3.63) is 41.2 Å². The molecule has 184 valence electrons. The first kappa shape index (κ1) is 24.3. The van der Waals surface area contributed by atoms with Crippen molar-refractivity contribution < 1.29 is 29.3 Å². The van der Waals surface area contributed by atoms with Crippen molar-refractivity contribution in [3.8, 4) is 0 Å². The Morgan fingerprint density at radius 1 is 1.44 bits per heavy atom. The lowest BCUT2D eigenvalue weighted by atomic mass is 9.79. The number of hydrogen-bond acceptors (Lipinski definition) is 7. The highest BCUT2D eigenvalue weighted by atomic mass is 32.2. The first-order valence-corrected chi connectivity index (χ1v) is 12.2. The van der Waals surface area contributed by atoms with Gasteiger partial charge in [0.15, 0.2) is 0 Å². The maximum Gasteiger partial charge on any atom is 0.410 e. The minimum Gasteiger partial charge on any atom is -0.477 e. The Kier molecular flexibility index (Phi) is 6.77. The Morgan fingerprint density at radius 2 is 2.18 bits per heavy atom. The number of aryl methyl sites for hydroxylation is 1. The molecule has 2 fully saturated rings. The Balaban J connectivity index is 1.56. The van der Waals surface area contributed by atoms with E-state index in [0.717, 1.165) is 5.69 Å². The number of nitrogens with zero attached hydrogens (tertiary/aromatic N) is 4. The number of carbonyl (C=O) groups excluding carboxylic acids is 2. The van der Waals surface area contributed by atoms with Crippen LogP contribution in [0.5, 0.6) is 0 Å². The number of likely N-dealkylation sites (tertiary alicyclic amines) is 1. The van der Waals surface area contributed by atoms with Crippen LogP contribution in [0.3, 0.4) is 0 Å². The molecule has 11 heteroatoms. The van der Waals surface area contributed by atoms with Crippen molar-refractivity contribution in [1.82, 2.24) is 19.6 Å². The van der Waals surface area contributed by atoms with Gasteiger partial charge < -0.3 is 24.7 Å². The highest BCUT2D eigenvalue weighted by molar-refractivity contribution is 8.03. The number of carboxylic acid groups (broad SMARTS) is 1. The van der Waals surface area contributed by atoms with E-state index >= 15 is 0 Å². The predicted octanol–water partition coefficient (Wildman–Crippen LogP) is 1.61. The monoisotopic (exact) mass is 490 g/mol. The molecule has 2 saturated heterocycles. The van der Waals surface area contributed by atoms with Gasteiger partial charge in [-0.1, -0.05) is 19.6 Å². The average molecular weight is 491 g/mol. The quantitative estimate of drug-likeness (QED) is 0.416. The lowest BCUT2D eigenvalue weighted by Crippen LogP contribution is -2.63. The van der Waals surface area contributed by atoms with E-state index in [1.807, 2.05) is 20.0 Å². The van der Waals surface area contributed by atoms with Crippen LogP contribution in [0, 0.1) is 11.8 Å². The fraction of sp³-hybridized carbons (Fsp3) is 0.565. The lowest BCUT2D eigenvalue weighted by Gasteiger charge is -2.46. The molecular weight excluding hydrogens is 460 g/mol. The average Bonchev–Trinajstić information content (AvgIpc) is 3.43. The predicted molar refractivity (Wildman–Crippen MR) is 125 cm³/mol. The number of thioether (sulfide) groups is 1. The van der Waals surface area contributed by atoms with Crippen LogP contribution in [0.1, 0.15) is 26.0 Å². The van der Waals surface area contributed by atoms with Crippen LogP contribution in [0.15, 0.2) is 35.5 Å². The first-order valence-electron chi connectivity index (χ1n) is 11.3. The third-order valence-electron chi connectivity index (χ3n) is 6.91. The second-order valence-electron chi connectivity index (χ2n) is 9.07. The SMILES string of the molecule is C=CCOC(=O)N1C[C@@H](SC2=C(C(=O)O)N3C(=O)[C@H]([C@@H](C)O)[C@H]3[C@H]2C)C[C@@H]1Cc1ccnn1C. The Bertz CT molecular complexity index is 1040. The van der Waals surface area contributed by atoms with Crippen molar-refractivity contribution in [2.75, 3.05) is 13.2 Å². The van der Waals surface area contributed by atoms with Crippen molar-refractivity contribution in [1.29, 1.82) is 0 Å². The van der Waals surface area contributed by atoms with Gasteiger partial charge in [-0.2, -0.15) is 5.10 Å². The van der Waals surface area contributed by atoms with E-state index in [1.165, 1.54) is 22.7 Å². The van der Waals surface area contributed by atoms with Crippen LogP contribution in [0.4, 0.5) is 4.79 Å². The molecule has 3 aliphatic rings. The van der Waals surface area contributed by atoms with Gasteiger partial charge in [-0.25, -0.2) is 9.59 Å². The van der Waals surface area contributed by atoms with Gasteiger partial charge in [-0.3, -0.25) is 9.48 Å². The number of β-lactam (4-membered cyclic amide) rings is 1. The van der Waals surface area contributed by atoms with Gasteiger partial charge in [0.1, 0.15) is 12.3 Å². The summed E-state index contributed by atoms with van der Waals surface area (Å²) >= 11 is 1.42. The van der Waals surface area contributed by atoms with Gasteiger partial charge >= 0.3 is 12.1 Å². The van der Waals surface area contributed by atoms with Gasteiger partial charge in [0.05, 0.1) is 18.1 Å². The molecule has 0 aliphatic carbocycles. The number of amides is 2. The number of aliphatic hydroxyl groups excluding tert-OH is 1. The van der Waals surface area contributed by atoms with E-state index in [0.29, 0.717) is 24.3 Å². The summed E-state index contributed by atoms with van der Waals surface area (Å²) in [5, 5.41) is 24.1. The first-order chi connectivity index (χ1) is 16.1. The molecule has 0 unspecified atom stereocenters. The molecule has 0 radical (unpaired) electrons. The lowest BCUT2D eigenvalue weighted by molar-refractivity contribution is -0.163. The maximum atomic E-state index is 12.8. The zero-order valence-electron chi connectivity index (χ0n) is 19.5. The topological polar surface area (TPSA) is 125 Å². The summed E-state index contributed by atoms with van der Waals surface area (Å²) in [6, 6.07) is 1.41. The van der Waals surface area contributed by atoms with Crippen molar-refractivity contribution in [2.45, 2.75) is 50.1 Å². The van der Waals surface area contributed by atoms with E-state index in [1.54, 1.807) is 22.7 Å². The third-order valence-corrected chi connectivity index (χ3v) is 8.40. The standard InChI is InChI=1S/C23H30N4O6S/c1-5-8-33-23(32)26-11-16(10-15(26)9-14-6-7-24-25(14)4)34-20-12(2)18-17(13(3)28)21(29)27(18)19(20)22(30)31/h5-7,12-13,15-18,28H,1,8-11H2,2-4H3,(H,30,31)/t12-,13-,15+,16+,17-,18-/m1/s1. The summed E-state index contributed by atoms with van der Waals surface area (Å²) in [4.78, 5) is 41.1. The van der Waals surface area contributed by atoms with Crippen molar-refractivity contribution >= 4 is 29.7 Å².